The fourth-order valence-electron chi connectivity index (χ4n) is 0.641. The number of benzene rings is 1. The number of halogens is 2. The first kappa shape index (κ1) is 6.80. The topological polar surface area (TPSA) is 29.3 Å². The quantitative estimate of drug-likeness (QED) is 0.481. The van der Waals surface area contributed by atoms with E-state index < -0.39 is 5.34 Å². The van der Waals surface area contributed by atoms with Gasteiger partial charge in [-0.2, -0.15) is 0 Å². The van der Waals surface area contributed by atoms with E-state index in [2.05, 4.69) is 0 Å². The van der Waals surface area contributed by atoms with Crippen molar-refractivity contribution in [3.8, 4) is 0 Å². The average molecular weight is 144 g/mol. The van der Waals surface area contributed by atoms with Crippen LogP contribution in [0.3, 0.4) is 0 Å². The van der Waals surface area contributed by atoms with Gasteiger partial charge < -0.3 is 5.73 Å². The van der Waals surface area contributed by atoms with Crippen molar-refractivity contribution >= 4 is 11.4 Å². The predicted octanol–water partition coefficient (Wildman–Crippen LogP) is 1.84. The largest absolute Gasteiger partial charge is 0.397 e. The second kappa shape index (κ2) is 2.51. The van der Waals surface area contributed by atoms with E-state index in [1.54, 1.807) is 6.07 Å². The first-order valence-corrected chi connectivity index (χ1v) is 2.68. The van der Waals surface area contributed by atoms with Crippen molar-refractivity contribution < 1.29 is 8.96 Å². The third kappa shape index (κ3) is 1.15. The van der Waals surface area contributed by atoms with E-state index in [1.807, 2.05) is 0 Å². The van der Waals surface area contributed by atoms with Crippen molar-refractivity contribution in [3.05, 3.63) is 24.3 Å². The maximum absolute atomic E-state index is 11.8. The third-order valence-corrected chi connectivity index (χ3v) is 1.12. The minimum atomic E-state index is -1.00. The molecule has 0 heterocycles. The molecule has 0 radical (unpaired) electrons. The molecule has 0 spiro atoms. The van der Waals surface area contributed by atoms with E-state index >= 15 is 0 Å². The molecule has 0 aliphatic heterocycles. The van der Waals surface area contributed by atoms with Crippen molar-refractivity contribution in [3.63, 3.8) is 0 Å². The van der Waals surface area contributed by atoms with E-state index in [-0.39, 0.29) is 11.4 Å². The Morgan fingerprint density at radius 3 is 2.20 bits per heavy atom. The Morgan fingerprint density at radius 1 is 1.20 bits per heavy atom. The van der Waals surface area contributed by atoms with Gasteiger partial charge in [0.1, 0.15) is 5.69 Å². The maximum Gasteiger partial charge on any atom is 0.128 e. The summed E-state index contributed by atoms with van der Waals surface area (Å²) in [5, 5.41) is -1.00. The van der Waals surface area contributed by atoms with Crippen LogP contribution in [0.1, 0.15) is 0 Å². The molecule has 0 atom stereocenters. The molecule has 1 rings (SSSR count). The number of rotatable bonds is 1. The molecule has 1 aromatic carbocycles. The Morgan fingerprint density at radius 2 is 1.80 bits per heavy atom. The number of hydrogen-bond acceptors (Lipinski definition) is 2. The summed E-state index contributed by atoms with van der Waals surface area (Å²) in [5.41, 5.74) is 5.01. The molecule has 0 aromatic heterocycles. The van der Waals surface area contributed by atoms with Crippen LogP contribution in [-0.2, 0) is 0 Å². The highest BCUT2D eigenvalue weighted by Crippen LogP contribution is 2.22. The van der Waals surface area contributed by atoms with Crippen molar-refractivity contribution in [2.45, 2.75) is 0 Å². The Kier molecular flexibility index (Phi) is 1.71. The van der Waals surface area contributed by atoms with Gasteiger partial charge in [-0.1, -0.05) is 21.1 Å². The van der Waals surface area contributed by atoms with Gasteiger partial charge >= 0.3 is 0 Å². The molecule has 0 saturated heterocycles. The molecule has 1 aromatic rings. The summed E-state index contributed by atoms with van der Waals surface area (Å²) in [4.78, 5) is 0. The van der Waals surface area contributed by atoms with Crippen LogP contribution < -0.4 is 11.1 Å². The molecule has 2 N–H and O–H groups in total. The molecule has 2 nitrogen and oxygen atoms in total. The Labute approximate surface area is 56.7 Å². The second-order valence-electron chi connectivity index (χ2n) is 1.79. The van der Waals surface area contributed by atoms with Crippen LogP contribution in [0.15, 0.2) is 24.3 Å². The van der Waals surface area contributed by atoms with Gasteiger partial charge in [0.25, 0.3) is 0 Å². The summed E-state index contributed by atoms with van der Waals surface area (Å²) in [6.45, 7) is 0. The molecule has 0 amide bonds. The minimum absolute atomic E-state index is 0.0764. The summed E-state index contributed by atoms with van der Waals surface area (Å²) in [5.74, 6) is 0. The molecule has 10 heavy (non-hydrogen) atoms. The van der Waals surface area contributed by atoms with Gasteiger partial charge in [0.05, 0.1) is 5.69 Å². The third-order valence-electron chi connectivity index (χ3n) is 1.12. The van der Waals surface area contributed by atoms with Gasteiger partial charge in [0, 0.05) is 0 Å². The van der Waals surface area contributed by atoms with Crippen LogP contribution in [0.2, 0.25) is 0 Å². The minimum Gasteiger partial charge on any atom is -0.397 e. The van der Waals surface area contributed by atoms with E-state index in [1.165, 1.54) is 18.2 Å². The van der Waals surface area contributed by atoms with Gasteiger partial charge in [-0.05, 0) is 17.5 Å². The van der Waals surface area contributed by atoms with Crippen molar-refractivity contribution in [1.29, 1.82) is 0 Å². The summed E-state index contributed by atoms with van der Waals surface area (Å²) < 4.78 is 23.6. The molecular formula is C6H6F2N2. The van der Waals surface area contributed by atoms with Gasteiger partial charge in [-0.25, -0.2) is 0 Å². The van der Waals surface area contributed by atoms with Crippen LogP contribution in [0.4, 0.5) is 20.3 Å². The number of para-hydroxylation sites is 2. The van der Waals surface area contributed by atoms with Crippen LogP contribution in [0, 0.1) is 0 Å². The maximum atomic E-state index is 11.8. The summed E-state index contributed by atoms with van der Waals surface area (Å²) >= 11 is 0. The van der Waals surface area contributed by atoms with Crippen LogP contribution in [0.25, 0.3) is 0 Å². The normalized spacial score (nSPS) is 9.40. The summed E-state index contributed by atoms with van der Waals surface area (Å²) in [6, 6.07) is 5.76. The standard InChI is InChI=1S/C6H6F2N2/c7-10(8)6-4-2-1-3-5(6)9/h1-4H,9H2. The SMILES string of the molecule is Nc1ccccc1N(F)F. The lowest BCUT2D eigenvalue weighted by Gasteiger charge is -2.03. The molecule has 54 valence electrons. The number of nitrogens with two attached hydrogens (primary N) is 1. The fourth-order valence-corrected chi connectivity index (χ4v) is 0.641. The number of anilines is 2. The van der Waals surface area contributed by atoms with Gasteiger partial charge in [-0.3, -0.25) is 0 Å². The lowest BCUT2D eigenvalue weighted by molar-refractivity contribution is 0.236. The van der Waals surface area contributed by atoms with Crippen LogP contribution in [-0.4, -0.2) is 0 Å². The van der Waals surface area contributed by atoms with Crippen molar-refractivity contribution in [2.75, 3.05) is 11.1 Å². The predicted molar refractivity (Wildman–Crippen MR) is 35.5 cm³/mol. The number of nitrogens with zero attached hydrogens (tertiary/aromatic N) is 1. The Balaban J connectivity index is 3.03. The zero-order valence-corrected chi connectivity index (χ0v) is 5.09. The summed E-state index contributed by atoms with van der Waals surface area (Å²) in [6.07, 6.45) is 0. The molecule has 0 saturated carbocycles. The molecule has 0 aliphatic carbocycles. The zero-order chi connectivity index (χ0) is 7.56. The van der Waals surface area contributed by atoms with Crippen molar-refractivity contribution in [2.24, 2.45) is 0 Å². The first-order chi connectivity index (χ1) is 4.72. The van der Waals surface area contributed by atoms with E-state index in [0.29, 0.717) is 0 Å². The van der Waals surface area contributed by atoms with Gasteiger partial charge in [0.15, 0.2) is 0 Å². The second-order valence-corrected chi connectivity index (χ2v) is 1.79. The highest BCUT2D eigenvalue weighted by atomic mass is 19.4. The molecular weight excluding hydrogens is 138 g/mol. The van der Waals surface area contributed by atoms with Gasteiger partial charge in [0.2, 0.25) is 0 Å². The highest BCUT2D eigenvalue weighted by Gasteiger charge is 2.04. The summed E-state index contributed by atoms with van der Waals surface area (Å²) in [7, 11) is 0. The van der Waals surface area contributed by atoms with Crippen LogP contribution in [0.5, 0.6) is 0 Å². The Hall–Kier alpha value is -1.32. The smallest absolute Gasteiger partial charge is 0.128 e. The molecule has 4 heteroatoms. The first-order valence-electron chi connectivity index (χ1n) is 2.68. The molecule has 0 bridgehead atoms. The van der Waals surface area contributed by atoms with E-state index in [9.17, 15) is 8.96 Å². The van der Waals surface area contributed by atoms with Crippen molar-refractivity contribution in [1.82, 2.24) is 0 Å². The number of hydrogen-bond donors (Lipinski definition) is 1. The highest BCUT2D eigenvalue weighted by molar-refractivity contribution is 5.64. The zero-order valence-electron chi connectivity index (χ0n) is 5.09. The lowest BCUT2D eigenvalue weighted by Crippen LogP contribution is -1.99. The molecule has 0 fully saturated rings. The average Bonchev–Trinajstić information content (AvgIpc) is 1.88. The monoisotopic (exact) mass is 144 g/mol. The van der Waals surface area contributed by atoms with Crippen LogP contribution >= 0.6 is 0 Å². The Bertz CT molecular complexity index is 225. The van der Waals surface area contributed by atoms with E-state index in [0.717, 1.165) is 0 Å². The lowest BCUT2D eigenvalue weighted by atomic mass is 10.3. The number of nitrogen functional groups attached to an aromatic ring is 1. The fraction of sp³-hybridized carbons (Fsp3) is 0. The molecule has 0 unspecified atom stereocenters. The van der Waals surface area contributed by atoms with Gasteiger partial charge in [-0.15, -0.1) is 0 Å². The van der Waals surface area contributed by atoms with E-state index in [4.69, 9.17) is 5.73 Å². The molecule has 0 aliphatic rings.